The molecule has 2 atom stereocenters. The molecular formula is C28H27N3O3S. The normalized spacial score (nSPS) is 21.9. The van der Waals surface area contributed by atoms with Crippen LogP contribution >= 0.6 is 11.8 Å². The van der Waals surface area contributed by atoms with Crippen molar-refractivity contribution < 1.29 is 14.4 Å². The van der Waals surface area contributed by atoms with Gasteiger partial charge in [0.2, 0.25) is 5.91 Å². The molecule has 0 spiro atoms. The first kappa shape index (κ1) is 23.2. The van der Waals surface area contributed by atoms with E-state index in [1.807, 2.05) is 84.9 Å². The number of amides is 4. The van der Waals surface area contributed by atoms with Gasteiger partial charge in [0, 0.05) is 23.1 Å². The molecule has 178 valence electrons. The fraction of sp³-hybridized carbons (Fsp3) is 0.250. The molecule has 3 aromatic rings. The number of nitrogens with zero attached hydrogens (tertiary/aromatic N) is 2. The molecule has 0 aromatic heterocycles. The number of hydrogen-bond acceptors (Lipinski definition) is 4. The molecule has 0 radical (unpaired) electrons. The van der Waals surface area contributed by atoms with Crippen LogP contribution in [0.3, 0.4) is 0 Å². The maximum atomic E-state index is 13.9. The Morgan fingerprint density at radius 1 is 0.971 bits per heavy atom. The number of rotatable bonds is 5. The van der Waals surface area contributed by atoms with Gasteiger partial charge in [-0.2, -0.15) is 0 Å². The summed E-state index contributed by atoms with van der Waals surface area (Å²) in [6, 6.07) is 26.1. The summed E-state index contributed by atoms with van der Waals surface area (Å²) in [6.45, 7) is 2.38. The fourth-order valence-corrected chi connectivity index (χ4v) is 5.89. The van der Waals surface area contributed by atoms with Crippen LogP contribution in [0.1, 0.15) is 24.5 Å². The third kappa shape index (κ3) is 4.44. The summed E-state index contributed by atoms with van der Waals surface area (Å²) in [5.74, 6) is -0.670. The summed E-state index contributed by atoms with van der Waals surface area (Å²) < 4.78 is 0. The maximum absolute atomic E-state index is 13.9. The highest BCUT2D eigenvalue weighted by molar-refractivity contribution is 8.00. The molecule has 2 heterocycles. The highest BCUT2D eigenvalue weighted by Gasteiger charge is 2.53. The fourth-order valence-electron chi connectivity index (χ4n) is 4.78. The van der Waals surface area contributed by atoms with Crippen molar-refractivity contribution in [2.24, 2.45) is 0 Å². The van der Waals surface area contributed by atoms with Gasteiger partial charge in [-0.05, 0) is 29.7 Å². The Morgan fingerprint density at radius 3 is 2.37 bits per heavy atom. The van der Waals surface area contributed by atoms with E-state index in [0.29, 0.717) is 23.8 Å². The Balaban J connectivity index is 1.45. The van der Waals surface area contributed by atoms with Crippen molar-refractivity contribution >= 4 is 35.3 Å². The van der Waals surface area contributed by atoms with Crippen molar-refractivity contribution in [2.45, 2.75) is 35.4 Å². The van der Waals surface area contributed by atoms with Crippen LogP contribution in [0.2, 0.25) is 0 Å². The molecule has 2 aliphatic heterocycles. The van der Waals surface area contributed by atoms with Gasteiger partial charge in [-0.15, -0.1) is 11.8 Å². The van der Waals surface area contributed by atoms with E-state index in [1.54, 1.807) is 16.7 Å². The molecule has 0 aliphatic carbocycles. The van der Waals surface area contributed by atoms with Crippen molar-refractivity contribution in [2.75, 3.05) is 18.0 Å². The number of urea groups is 1. The Bertz CT molecular complexity index is 1250. The zero-order chi connectivity index (χ0) is 24.4. The molecule has 1 fully saturated rings. The zero-order valence-electron chi connectivity index (χ0n) is 19.5. The summed E-state index contributed by atoms with van der Waals surface area (Å²) in [5, 5.41) is 3.30. The van der Waals surface area contributed by atoms with Gasteiger partial charge in [0.1, 0.15) is 6.54 Å². The molecule has 1 N–H and O–H groups in total. The zero-order valence-corrected chi connectivity index (χ0v) is 20.3. The van der Waals surface area contributed by atoms with E-state index in [9.17, 15) is 14.4 Å². The van der Waals surface area contributed by atoms with Crippen LogP contribution in [-0.4, -0.2) is 41.1 Å². The molecule has 2 aliphatic rings. The second-order valence-corrected chi connectivity index (χ2v) is 10.5. The first-order valence-electron chi connectivity index (χ1n) is 11.8. The number of fused-ring (bicyclic) bond motifs is 1. The minimum atomic E-state index is -1.26. The van der Waals surface area contributed by atoms with Crippen molar-refractivity contribution in [3.05, 3.63) is 96.1 Å². The van der Waals surface area contributed by atoms with Crippen LogP contribution in [0.25, 0.3) is 0 Å². The molecular weight excluding hydrogens is 458 g/mol. The largest absolute Gasteiger partial charge is 0.325 e. The van der Waals surface area contributed by atoms with E-state index in [2.05, 4.69) is 12.2 Å². The van der Waals surface area contributed by atoms with E-state index < -0.39 is 17.5 Å². The maximum Gasteiger partial charge on any atom is 0.325 e. The average molecular weight is 486 g/mol. The van der Waals surface area contributed by atoms with E-state index in [4.69, 9.17) is 0 Å². The summed E-state index contributed by atoms with van der Waals surface area (Å²) in [4.78, 5) is 44.4. The number of benzene rings is 3. The SMILES string of the molecule is C[C@@H]1CCN(C(=O)CN2C(=O)N[C@@](Cc3ccccc3)(c3ccccc3)C2=O)c2ccccc2S1. The number of hydrogen-bond donors (Lipinski definition) is 1. The minimum absolute atomic E-state index is 0.265. The predicted molar refractivity (Wildman–Crippen MR) is 137 cm³/mol. The minimum Gasteiger partial charge on any atom is -0.319 e. The van der Waals surface area contributed by atoms with Gasteiger partial charge >= 0.3 is 6.03 Å². The van der Waals surface area contributed by atoms with E-state index >= 15 is 0 Å². The van der Waals surface area contributed by atoms with Gasteiger partial charge in [0.05, 0.1) is 5.69 Å². The quantitative estimate of drug-likeness (QED) is 0.537. The number of nitrogens with one attached hydrogen (secondary N) is 1. The summed E-state index contributed by atoms with van der Waals surface area (Å²) in [7, 11) is 0. The Morgan fingerprint density at radius 2 is 1.63 bits per heavy atom. The Kier molecular flexibility index (Phi) is 6.34. The van der Waals surface area contributed by atoms with Crippen molar-refractivity contribution in [3.63, 3.8) is 0 Å². The lowest BCUT2D eigenvalue weighted by Gasteiger charge is -2.28. The molecule has 4 amide bonds. The smallest absolute Gasteiger partial charge is 0.319 e. The lowest BCUT2D eigenvalue weighted by Crippen LogP contribution is -2.47. The van der Waals surface area contributed by atoms with Gasteiger partial charge in [0.25, 0.3) is 5.91 Å². The predicted octanol–water partition coefficient (Wildman–Crippen LogP) is 4.59. The molecule has 3 aromatic carbocycles. The number of anilines is 1. The van der Waals surface area contributed by atoms with Crippen LogP contribution in [0.5, 0.6) is 0 Å². The Labute approximate surface area is 209 Å². The number of imide groups is 1. The van der Waals surface area contributed by atoms with E-state index in [-0.39, 0.29) is 12.5 Å². The highest BCUT2D eigenvalue weighted by atomic mass is 32.2. The van der Waals surface area contributed by atoms with Gasteiger partial charge < -0.3 is 10.2 Å². The van der Waals surface area contributed by atoms with Crippen molar-refractivity contribution in [3.8, 4) is 0 Å². The second kappa shape index (κ2) is 9.58. The molecule has 0 bridgehead atoms. The number of thioether (sulfide) groups is 1. The molecule has 35 heavy (non-hydrogen) atoms. The third-order valence-corrected chi connectivity index (χ3v) is 7.83. The first-order chi connectivity index (χ1) is 17.0. The number of carbonyl (C=O) groups is 3. The van der Waals surface area contributed by atoms with E-state index in [0.717, 1.165) is 27.5 Å². The number of para-hydroxylation sites is 1. The van der Waals surface area contributed by atoms with Crippen molar-refractivity contribution in [1.82, 2.24) is 10.2 Å². The molecule has 1 saturated heterocycles. The first-order valence-corrected chi connectivity index (χ1v) is 12.7. The number of carbonyl (C=O) groups excluding carboxylic acids is 3. The van der Waals surface area contributed by atoms with Crippen LogP contribution in [0, 0.1) is 0 Å². The lowest BCUT2D eigenvalue weighted by atomic mass is 9.83. The molecule has 7 heteroatoms. The summed E-state index contributed by atoms with van der Waals surface area (Å²) in [5.41, 5.74) is 1.19. The van der Waals surface area contributed by atoms with Gasteiger partial charge in [-0.3, -0.25) is 14.5 Å². The van der Waals surface area contributed by atoms with Crippen LogP contribution in [0.4, 0.5) is 10.5 Å². The second-order valence-electron chi connectivity index (χ2n) is 8.99. The van der Waals surface area contributed by atoms with Crippen LogP contribution in [0.15, 0.2) is 89.8 Å². The van der Waals surface area contributed by atoms with Crippen molar-refractivity contribution in [1.29, 1.82) is 0 Å². The summed E-state index contributed by atoms with van der Waals surface area (Å²) >= 11 is 1.74. The molecule has 5 rings (SSSR count). The topological polar surface area (TPSA) is 69.7 Å². The lowest BCUT2D eigenvalue weighted by molar-refractivity contribution is -0.134. The van der Waals surface area contributed by atoms with E-state index in [1.165, 1.54) is 0 Å². The van der Waals surface area contributed by atoms with Gasteiger partial charge in [-0.1, -0.05) is 79.7 Å². The van der Waals surface area contributed by atoms with Crippen LogP contribution in [-0.2, 0) is 21.5 Å². The standard InChI is InChI=1S/C28H27N3O3S/c1-20-16-17-30(23-14-8-9-15-24(23)35-20)25(32)19-31-26(33)28(29-27(31)34,22-12-6-3-7-13-22)18-21-10-4-2-5-11-21/h2-15,20H,16-19H2,1H3,(H,29,34)/t20-,28+/m1/s1. The molecule has 0 saturated carbocycles. The summed E-state index contributed by atoms with van der Waals surface area (Å²) in [6.07, 6.45) is 1.13. The van der Waals surface area contributed by atoms with Gasteiger partial charge in [0.15, 0.2) is 5.54 Å². The highest BCUT2D eigenvalue weighted by Crippen LogP contribution is 2.38. The molecule has 6 nitrogen and oxygen atoms in total. The monoisotopic (exact) mass is 485 g/mol. The average Bonchev–Trinajstić information content (AvgIpc) is 3.00. The van der Waals surface area contributed by atoms with Crippen LogP contribution < -0.4 is 10.2 Å². The Hall–Kier alpha value is -3.58. The third-order valence-electron chi connectivity index (χ3n) is 6.59. The van der Waals surface area contributed by atoms with Gasteiger partial charge in [-0.25, -0.2) is 4.79 Å². The molecule has 0 unspecified atom stereocenters.